The summed E-state index contributed by atoms with van der Waals surface area (Å²) in [5, 5.41) is 3.41. The minimum atomic E-state index is -0.355. The number of anilines is 2. The number of halogens is 1. The van der Waals surface area contributed by atoms with Crippen LogP contribution in [0.4, 0.5) is 15.8 Å². The SMILES string of the molecule is Cc1ccc(C2Nc3ccccc3N2C(=O)c2ccc(F)cc2)cc1. The number of fused-ring (bicyclic) bond motifs is 1. The number of amides is 1. The molecule has 1 aliphatic rings. The maximum atomic E-state index is 13.2. The monoisotopic (exact) mass is 332 g/mol. The zero-order chi connectivity index (χ0) is 17.4. The molecule has 1 N–H and O–H groups in total. The number of hydrogen-bond acceptors (Lipinski definition) is 2. The van der Waals surface area contributed by atoms with Crippen LogP contribution >= 0.6 is 0 Å². The van der Waals surface area contributed by atoms with Crippen molar-refractivity contribution in [2.45, 2.75) is 13.1 Å². The molecular formula is C21H17FN2O. The molecule has 1 atom stereocenters. The molecule has 1 amide bonds. The van der Waals surface area contributed by atoms with Gasteiger partial charge in [-0.05, 0) is 48.9 Å². The standard InChI is InChI=1S/C21H17FN2O/c1-14-6-8-15(9-7-14)20-23-18-4-2-3-5-19(18)24(20)21(25)16-10-12-17(22)13-11-16/h2-13,20,23H,1H3. The second-order valence-electron chi connectivity index (χ2n) is 6.16. The Morgan fingerprint density at radius 3 is 2.36 bits per heavy atom. The van der Waals surface area contributed by atoms with E-state index in [2.05, 4.69) is 5.32 Å². The Kier molecular flexibility index (Phi) is 3.73. The fourth-order valence-corrected chi connectivity index (χ4v) is 3.10. The first kappa shape index (κ1) is 15.4. The van der Waals surface area contributed by atoms with E-state index in [0.717, 1.165) is 22.5 Å². The van der Waals surface area contributed by atoms with Crippen LogP contribution in [0.2, 0.25) is 0 Å². The largest absolute Gasteiger partial charge is 0.359 e. The molecule has 1 aliphatic heterocycles. The third kappa shape index (κ3) is 2.76. The summed E-state index contributed by atoms with van der Waals surface area (Å²) >= 11 is 0. The van der Waals surface area contributed by atoms with Gasteiger partial charge in [0, 0.05) is 5.56 Å². The van der Waals surface area contributed by atoms with E-state index in [-0.39, 0.29) is 17.9 Å². The van der Waals surface area contributed by atoms with E-state index < -0.39 is 0 Å². The van der Waals surface area contributed by atoms with Crippen molar-refractivity contribution >= 4 is 17.3 Å². The molecule has 124 valence electrons. The van der Waals surface area contributed by atoms with Crippen LogP contribution in [-0.4, -0.2) is 5.91 Å². The molecule has 0 aromatic heterocycles. The summed E-state index contributed by atoms with van der Waals surface area (Å²) in [6.45, 7) is 2.03. The smallest absolute Gasteiger partial charge is 0.260 e. The highest BCUT2D eigenvalue weighted by atomic mass is 19.1. The second kappa shape index (κ2) is 6.06. The molecule has 3 aromatic rings. The van der Waals surface area contributed by atoms with Crippen molar-refractivity contribution in [2.75, 3.05) is 10.2 Å². The van der Waals surface area contributed by atoms with Gasteiger partial charge < -0.3 is 5.32 Å². The highest BCUT2D eigenvalue weighted by Crippen LogP contribution is 2.41. The average Bonchev–Trinajstić information content (AvgIpc) is 3.02. The molecule has 4 rings (SSSR count). The van der Waals surface area contributed by atoms with Crippen molar-refractivity contribution in [2.24, 2.45) is 0 Å². The Balaban J connectivity index is 1.78. The minimum Gasteiger partial charge on any atom is -0.359 e. The first-order valence-electron chi connectivity index (χ1n) is 8.15. The Morgan fingerprint density at radius 1 is 0.960 bits per heavy atom. The number of hydrogen-bond donors (Lipinski definition) is 1. The summed E-state index contributed by atoms with van der Waals surface area (Å²) in [5.41, 5.74) is 4.34. The molecule has 0 saturated heterocycles. The second-order valence-corrected chi connectivity index (χ2v) is 6.16. The molecule has 25 heavy (non-hydrogen) atoms. The van der Waals surface area contributed by atoms with Gasteiger partial charge in [-0.1, -0.05) is 42.0 Å². The molecule has 0 saturated carbocycles. The first-order valence-corrected chi connectivity index (χ1v) is 8.15. The average molecular weight is 332 g/mol. The highest BCUT2D eigenvalue weighted by molar-refractivity contribution is 6.10. The highest BCUT2D eigenvalue weighted by Gasteiger charge is 2.34. The number of nitrogens with zero attached hydrogens (tertiary/aromatic N) is 1. The van der Waals surface area contributed by atoms with Crippen molar-refractivity contribution in [3.8, 4) is 0 Å². The van der Waals surface area contributed by atoms with Crippen LogP contribution in [0.25, 0.3) is 0 Å². The summed E-state index contributed by atoms with van der Waals surface area (Å²) in [7, 11) is 0. The normalized spacial score (nSPS) is 15.6. The van der Waals surface area contributed by atoms with Gasteiger partial charge in [-0.15, -0.1) is 0 Å². The zero-order valence-corrected chi connectivity index (χ0v) is 13.7. The molecule has 4 heteroatoms. The quantitative estimate of drug-likeness (QED) is 0.723. The number of para-hydroxylation sites is 2. The maximum absolute atomic E-state index is 13.2. The van der Waals surface area contributed by atoms with Gasteiger partial charge in [-0.3, -0.25) is 9.69 Å². The summed E-state index contributed by atoms with van der Waals surface area (Å²) in [6.07, 6.45) is -0.296. The lowest BCUT2D eigenvalue weighted by Crippen LogP contribution is -2.34. The molecule has 0 aliphatic carbocycles. The Bertz CT molecular complexity index is 919. The number of aryl methyl sites for hydroxylation is 1. The molecule has 3 nitrogen and oxygen atoms in total. The Morgan fingerprint density at radius 2 is 1.64 bits per heavy atom. The van der Waals surface area contributed by atoms with Crippen LogP contribution in [0.5, 0.6) is 0 Å². The molecular weight excluding hydrogens is 315 g/mol. The topological polar surface area (TPSA) is 32.3 Å². The molecule has 0 fully saturated rings. The molecule has 1 unspecified atom stereocenters. The Hall–Kier alpha value is -3.14. The number of carbonyl (C=O) groups is 1. The van der Waals surface area contributed by atoms with Gasteiger partial charge in [-0.2, -0.15) is 0 Å². The fourth-order valence-electron chi connectivity index (χ4n) is 3.10. The third-order valence-electron chi connectivity index (χ3n) is 4.42. The summed E-state index contributed by atoms with van der Waals surface area (Å²) in [6, 6.07) is 21.5. The predicted octanol–water partition coefficient (Wildman–Crippen LogP) is 4.91. The van der Waals surface area contributed by atoms with Crippen LogP contribution in [-0.2, 0) is 0 Å². The van der Waals surface area contributed by atoms with Crippen LogP contribution in [0.1, 0.15) is 27.7 Å². The minimum absolute atomic E-state index is 0.164. The first-order chi connectivity index (χ1) is 12.1. The van der Waals surface area contributed by atoms with Gasteiger partial charge in [0.25, 0.3) is 5.91 Å². The van der Waals surface area contributed by atoms with Crippen molar-refractivity contribution in [1.29, 1.82) is 0 Å². The lowest BCUT2D eigenvalue weighted by atomic mass is 10.1. The fraction of sp³-hybridized carbons (Fsp3) is 0.0952. The van der Waals surface area contributed by atoms with E-state index >= 15 is 0 Å². The lowest BCUT2D eigenvalue weighted by molar-refractivity contribution is 0.0981. The van der Waals surface area contributed by atoms with Crippen molar-refractivity contribution in [3.05, 3.63) is 95.3 Å². The van der Waals surface area contributed by atoms with Crippen LogP contribution in [0, 0.1) is 12.7 Å². The predicted molar refractivity (Wildman–Crippen MR) is 97.2 cm³/mol. The van der Waals surface area contributed by atoms with Gasteiger partial charge in [-0.25, -0.2) is 4.39 Å². The molecule has 0 spiro atoms. The number of rotatable bonds is 2. The third-order valence-corrected chi connectivity index (χ3v) is 4.42. The summed E-state index contributed by atoms with van der Waals surface area (Å²) < 4.78 is 13.2. The van der Waals surface area contributed by atoms with E-state index in [1.54, 1.807) is 4.90 Å². The Labute approximate surface area is 145 Å². The van der Waals surface area contributed by atoms with Gasteiger partial charge in [0.2, 0.25) is 0 Å². The van der Waals surface area contributed by atoms with E-state index in [0.29, 0.717) is 5.56 Å². The van der Waals surface area contributed by atoms with Crippen LogP contribution < -0.4 is 10.2 Å². The van der Waals surface area contributed by atoms with Gasteiger partial charge in [0.05, 0.1) is 11.4 Å². The summed E-state index contributed by atoms with van der Waals surface area (Å²) in [5.74, 6) is -0.519. The van der Waals surface area contributed by atoms with Crippen molar-refractivity contribution in [3.63, 3.8) is 0 Å². The molecule has 0 bridgehead atoms. The van der Waals surface area contributed by atoms with Gasteiger partial charge in [0.15, 0.2) is 0 Å². The van der Waals surface area contributed by atoms with E-state index in [9.17, 15) is 9.18 Å². The molecule has 0 radical (unpaired) electrons. The van der Waals surface area contributed by atoms with Crippen molar-refractivity contribution in [1.82, 2.24) is 0 Å². The zero-order valence-electron chi connectivity index (χ0n) is 13.7. The molecule has 3 aromatic carbocycles. The van der Waals surface area contributed by atoms with E-state index in [1.165, 1.54) is 24.3 Å². The van der Waals surface area contributed by atoms with Crippen LogP contribution in [0.3, 0.4) is 0 Å². The van der Waals surface area contributed by atoms with E-state index in [4.69, 9.17) is 0 Å². The van der Waals surface area contributed by atoms with Crippen molar-refractivity contribution < 1.29 is 9.18 Å². The van der Waals surface area contributed by atoms with Crippen LogP contribution in [0.15, 0.2) is 72.8 Å². The number of benzene rings is 3. The lowest BCUT2D eigenvalue weighted by Gasteiger charge is -2.25. The van der Waals surface area contributed by atoms with Gasteiger partial charge in [0.1, 0.15) is 12.0 Å². The summed E-state index contributed by atoms with van der Waals surface area (Å²) in [4.78, 5) is 14.9. The number of carbonyl (C=O) groups excluding carboxylic acids is 1. The van der Waals surface area contributed by atoms with E-state index in [1.807, 2.05) is 55.5 Å². The number of nitrogens with one attached hydrogen (secondary N) is 1. The van der Waals surface area contributed by atoms with Gasteiger partial charge >= 0.3 is 0 Å². The maximum Gasteiger partial charge on any atom is 0.260 e. The molecule has 1 heterocycles.